The molecule has 3 aliphatic heterocycles. The Morgan fingerprint density at radius 3 is 2.30 bits per heavy atom. The molecule has 2 unspecified atom stereocenters. The topological polar surface area (TPSA) is 43.4 Å². The van der Waals surface area contributed by atoms with E-state index in [0.29, 0.717) is 16.7 Å². The van der Waals surface area contributed by atoms with Crippen molar-refractivity contribution in [3.05, 3.63) is 29.3 Å². The Kier molecular flexibility index (Phi) is 6.77. The maximum absolute atomic E-state index is 12.4. The SMILES string of the molecule is CC1(COC23[B]C(c4ccc5c(c4)CCS5(=O)=O)(CCCCC2)CCC3)CCCCCCC1. The molecule has 1 saturated carbocycles. The molecule has 0 N–H and O–H groups in total. The Balaban J connectivity index is 1.40. The van der Waals surface area contributed by atoms with Crippen molar-refractivity contribution in [2.24, 2.45) is 5.41 Å². The van der Waals surface area contributed by atoms with Crippen LogP contribution in [0.15, 0.2) is 23.1 Å². The van der Waals surface area contributed by atoms with E-state index in [-0.39, 0.29) is 16.6 Å². The van der Waals surface area contributed by atoms with E-state index in [4.69, 9.17) is 4.74 Å². The van der Waals surface area contributed by atoms with Gasteiger partial charge < -0.3 is 4.74 Å². The number of hydrogen-bond donors (Lipinski definition) is 0. The van der Waals surface area contributed by atoms with E-state index in [9.17, 15) is 8.42 Å². The lowest BCUT2D eigenvalue weighted by molar-refractivity contribution is -0.0581. The van der Waals surface area contributed by atoms with Crippen LogP contribution in [0, 0.1) is 5.41 Å². The van der Waals surface area contributed by atoms with Crippen molar-refractivity contribution in [1.29, 1.82) is 0 Å². The van der Waals surface area contributed by atoms with Gasteiger partial charge in [-0.2, -0.15) is 0 Å². The minimum atomic E-state index is -3.07. The maximum atomic E-state index is 12.4. The molecular weight excluding hydrogens is 427 g/mol. The molecule has 5 rings (SSSR count). The van der Waals surface area contributed by atoms with Crippen LogP contribution in [-0.2, 0) is 26.3 Å². The third-order valence-electron chi connectivity index (χ3n) is 9.36. The first kappa shape index (κ1) is 23.9. The molecule has 1 radical (unpaired) electrons. The van der Waals surface area contributed by atoms with Gasteiger partial charge in [-0.15, -0.1) is 0 Å². The lowest BCUT2D eigenvalue weighted by atomic mass is 9.34. The summed E-state index contributed by atoms with van der Waals surface area (Å²) in [6.07, 6.45) is 19.7. The summed E-state index contributed by atoms with van der Waals surface area (Å²) in [4.78, 5) is 0.573. The van der Waals surface area contributed by atoms with Crippen LogP contribution in [-0.4, -0.2) is 33.6 Å². The van der Waals surface area contributed by atoms with Gasteiger partial charge in [0.05, 0.1) is 17.3 Å². The van der Waals surface area contributed by atoms with E-state index in [1.165, 1.54) is 89.0 Å². The summed E-state index contributed by atoms with van der Waals surface area (Å²) in [6.45, 7) is 3.36. The fraction of sp³-hybridized carbons (Fsp3) is 0.786. The lowest BCUT2D eigenvalue weighted by Crippen LogP contribution is -2.55. The second kappa shape index (κ2) is 9.34. The Hall–Kier alpha value is -0.805. The Bertz CT molecular complexity index is 950. The predicted molar refractivity (Wildman–Crippen MR) is 136 cm³/mol. The fourth-order valence-electron chi connectivity index (χ4n) is 7.31. The zero-order valence-electron chi connectivity index (χ0n) is 20.7. The molecule has 3 nitrogen and oxygen atoms in total. The van der Waals surface area contributed by atoms with Gasteiger partial charge in [0.2, 0.25) is 0 Å². The van der Waals surface area contributed by atoms with Crippen LogP contribution in [0.4, 0.5) is 0 Å². The molecule has 4 aliphatic rings. The van der Waals surface area contributed by atoms with Crippen LogP contribution in [0.3, 0.4) is 0 Å². The first-order valence-electron chi connectivity index (χ1n) is 13.7. The van der Waals surface area contributed by atoms with Gasteiger partial charge in [0.25, 0.3) is 0 Å². The second-order valence-electron chi connectivity index (χ2n) is 12.0. The molecule has 3 heterocycles. The van der Waals surface area contributed by atoms with Crippen LogP contribution in [0.2, 0.25) is 0 Å². The van der Waals surface area contributed by atoms with Crippen LogP contribution >= 0.6 is 0 Å². The molecule has 2 saturated heterocycles. The zero-order valence-corrected chi connectivity index (χ0v) is 21.5. The fourth-order valence-corrected chi connectivity index (χ4v) is 8.85. The van der Waals surface area contributed by atoms with Crippen LogP contribution in [0.25, 0.3) is 0 Å². The van der Waals surface area contributed by atoms with Crippen LogP contribution in [0.1, 0.15) is 114 Å². The maximum Gasteiger partial charge on any atom is 0.178 e. The molecule has 33 heavy (non-hydrogen) atoms. The number of hydrogen-bond acceptors (Lipinski definition) is 3. The van der Waals surface area contributed by atoms with Gasteiger partial charge in [-0.1, -0.05) is 89.7 Å². The number of fused-ring (bicyclic) bond motifs is 3. The molecule has 0 aromatic heterocycles. The molecule has 0 amide bonds. The quantitative estimate of drug-likeness (QED) is 0.471. The Labute approximate surface area is 202 Å². The van der Waals surface area contributed by atoms with Gasteiger partial charge >= 0.3 is 0 Å². The molecule has 0 spiro atoms. The zero-order chi connectivity index (χ0) is 23.0. The Morgan fingerprint density at radius 1 is 0.848 bits per heavy atom. The van der Waals surface area contributed by atoms with Gasteiger partial charge in [0.15, 0.2) is 17.1 Å². The third kappa shape index (κ3) is 4.96. The summed E-state index contributed by atoms with van der Waals surface area (Å²) in [5.74, 6) is 0.272. The Morgan fingerprint density at radius 2 is 1.48 bits per heavy atom. The minimum absolute atomic E-state index is 0.0297. The van der Waals surface area contributed by atoms with Crippen molar-refractivity contribution < 1.29 is 13.2 Å². The van der Waals surface area contributed by atoms with Gasteiger partial charge in [0.1, 0.15) is 0 Å². The minimum Gasteiger partial charge on any atom is -0.383 e. The van der Waals surface area contributed by atoms with Crippen molar-refractivity contribution in [2.75, 3.05) is 12.4 Å². The predicted octanol–water partition coefficient (Wildman–Crippen LogP) is 6.53. The highest BCUT2D eigenvalue weighted by molar-refractivity contribution is 7.91. The summed E-state index contributed by atoms with van der Waals surface area (Å²) in [7, 11) is -0.445. The molecule has 1 aromatic carbocycles. The molecule has 2 bridgehead atoms. The van der Waals surface area contributed by atoms with E-state index < -0.39 is 9.84 Å². The highest BCUT2D eigenvalue weighted by Crippen LogP contribution is 2.48. The van der Waals surface area contributed by atoms with Crippen LogP contribution in [0.5, 0.6) is 0 Å². The normalized spacial score (nSPS) is 33.6. The largest absolute Gasteiger partial charge is 0.383 e. The number of sulfone groups is 1. The summed E-state index contributed by atoms with van der Waals surface area (Å²) < 4.78 is 31.8. The van der Waals surface area contributed by atoms with Crippen LogP contribution < -0.4 is 0 Å². The van der Waals surface area contributed by atoms with Gasteiger partial charge in [-0.25, -0.2) is 8.42 Å². The monoisotopic (exact) mass is 469 g/mol. The average molecular weight is 470 g/mol. The molecule has 1 aromatic rings. The highest BCUT2D eigenvalue weighted by Gasteiger charge is 2.49. The molecular formula is C28H42BO3S. The first-order valence-corrected chi connectivity index (χ1v) is 15.4. The summed E-state index contributed by atoms with van der Waals surface area (Å²) in [6, 6.07) is 6.28. The van der Waals surface area contributed by atoms with Gasteiger partial charge in [-0.3, -0.25) is 0 Å². The summed E-state index contributed by atoms with van der Waals surface area (Å²) in [5, 5.41) is 0.0297. The second-order valence-corrected chi connectivity index (χ2v) is 14.1. The molecule has 2 atom stereocenters. The summed E-state index contributed by atoms with van der Waals surface area (Å²) in [5.41, 5.74) is 2.57. The molecule has 1 aliphatic carbocycles. The van der Waals surface area contributed by atoms with E-state index >= 15 is 0 Å². The molecule has 3 fully saturated rings. The van der Waals surface area contributed by atoms with E-state index in [1.54, 1.807) is 0 Å². The standard InChI is InChI=1S/C28H42BO3S/c1-26(14-6-3-2-4-7-15-26)22-32-28-18-9-5-8-16-27(29-28,17-10-19-28)24-11-12-25-23(21-24)13-20-33(25,30)31/h11-12,21H,2-10,13-20,22H2,1H3. The average Bonchev–Trinajstić information content (AvgIpc) is 3.09. The van der Waals surface area contributed by atoms with Crippen molar-refractivity contribution in [1.82, 2.24) is 0 Å². The van der Waals surface area contributed by atoms with E-state index in [2.05, 4.69) is 26.3 Å². The summed E-state index contributed by atoms with van der Waals surface area (Å²) >= 11 is 0. The van der Waals surface area contributed by atoms with Crippen molar-refractivity contribution >= 4 is 17.1 Å². The number of aryl methyl sites for hydroxylation is 1. The van der Waals surface area contributed by atoms with Crippen molar-refractivity contribution in [3.63, 3.8) is 0 Å². The number of benzene rings is 1. The smallest absolute Gasteiger partial charge is 0.178 e. The first-order chi connectivity index (χ1) is 15.8. The van der Waals surface area contributed by atoms with Gasteiger partial charge in [0, 0.05) is 5.50 Å². The number of ether oxygens (including phenoxy) is 1. The molecule has 181 valence electrons. The highest BCUT2D eigenvalue weighted by atomic mass is 32.2. The van der Waals surface area contributed by atoms with Crippen molar-refractivity contribution in [2.45, 2.75) is 125 Å². The third-order valence-corrected chi connectivity index (χ3v) is 11.2. The number of rotatable bonds is 4. The van der Waals surface area contributed by atoms with Crippen molar-refractivity contribution in [3.8, 4) is 0 Å². The molecule has 5 heteroatoms. The van der Waals surface area contributed by atoms with E-state index in [1.807, 2.05) is 6.07 Å². The van der Waals surface area contributed by atoms with Gasteiger partial charge in [-0.05, 0) is 60.0 Å². The van der Waals surface area contributed by atoms with E-state index in [0.717, 1.165) is 25.0 Å². The lowest BCUT2D eigenvalue weighted by Gasteiger charge is -2.50.